The van der Waals surface area contributed by atoms with E-state index in [2.05, 4.69) is 10.3 Å². The van der Waals surface area contributed by atoms with Crippen molar-refractivity contribution in [2.75, 3.05) is 5.32 Å². The Balaban J connectivity index is 2.06. The first-order valence-electron chi connectivity index (χ1n) is 4.93. The van der Waals surface area contributed by atoms with Gasteiger partial charge in [-0.2, -0.15) is 0 Å². The van der Waals surface area contributed by atoms with E-state index in [-0.39, 0.29) is 11.7 Å². The predicted octanol–water partition coefficient (Wildman–Crippen LogP) is 1.84. The summed E-state index contributed by atoms with van der Waals surface area (Å²) >= 11 is 1.36. The van der Waals surface area contributed by atoms with Crippen molar-refractivity contribution in [3.05, 3.63) is 11.6 Å². The molecule has 1 heterocycles. The van der Waals surface area contributed by atoms with Crippen LogP contribution in [-0.4, -0.2) is 16.7 Å². The summed E-state index contributed by atoms with van der Waals surface area (Å²) in [6, 6.07) is 0. The SMILES string of the molecule is CCC(=O)C1(C(=O)Nc2nccs2)CC1. The molecular weight excluding hydrogens is 212 g/mol. The minimum Gasteiger partial charge on any atom is -0.301 e. The van der Waals surface area contributed by atoms with Crippen molar-refractivity contribution in [2.45, 2.75) is 26.2 Å². The van der Waals surface area contributed by atoms with Gasteiger partial charge >= 0.3 is 0 Å². The zero-order valence-electron chi connectivity index (χ0n) is 8.45. The fourth-order valence-electron chi connectivity index (χ4n) is 1.60. The molecule has 1 amide bonds. The zero-order valence-corrected chi connectivity index (χ0v) is 9.26. The van der Waals surface area contributed by atoms with Crippen LogP contribution in [0.2, 0.25) is 0 Å². The van der Waals surface area contributed by atoms with Gasteiger partial charge in [-0.1, -0.05) is 6.92 Å². The van der Waals surface area contributed by atoms with E-state index in [0.717, 1.165) is 0 Å². The second-order valence-electron chi connectivity index (χ2n) is 3.65. The third-order valence-corrected chi connectivity index (χ3v) is 3.38. The molecule has 1 aromatic rings. The van der Waals surface area contributed by atoms with Crippen molar-refractivity contribution in [1.29, 1.82) is 0 Å². The van der Waals surface area contributed by atoms with Crippen LogP contribution in [0.3, 0.4) is 0 Å². The van der Waals surface area contributed by atoms with Crippen LogP contribution in [0, 0.1) is 5.41 Å². The van der Waals surface area contributed by atoms with Crippen molar-refractivity contribution in [1.82, 2.24) is 4.98 Å². The van der Waals surface area contributed by atoms with Crippen molar-refractivity contribution in [3.8, 4) is 0 Å². The molecule has 5 heteroatoms. The number of hydrogen-bond donors (Lipinski definition) is 1. The Kier molecular flexibility index (Phi) is 2.56. The van der Waals surface area contributed by atoms with Gasteiger partial charge in [-0.15, -0.1) is 11.3 Å². The molecule has 0 spiro atoms. The number of amides is 1. The van der Waals surface area contributed by atoms with Crippen LogP contribution >= 0.6 is 11.3 Å². The number of nitrogens with one attached hydrogen (secondary N) is 1. The normalized spacial score (nSPS) is 17.1. The Hall–Kier alpha value is -1.23. The van der Waals surface area contributed by atoms with Crippen molar-refractivity contribution < 1.29 is 9.59 Å². The van der Waals surface area contributed by atoms with Gasteiger partial charge in [0.25, 0.3) is 0 Å². The Labute approximate surface area is 91.7 Å². The summed E-state index contributed by atoms with van der Waals surface area (Å²) in [7, 11) is 0. The summed E-state index contributed by atoms with van der Waals surface area (Å²) < 4.78 is 0. The molecule has 0 atom stereocenters. The first-order chi connectivity index (χ1) is 7.19. The lowest BCUT2D eigenvalue weighted by Gasteiger charge is -2.11. The van der Waals surface area contributed by atoms with Gasteiger partial charge in [-0.3, -0.25) is 9.59 Å². The number of carbonyl (C=O) groups is 2. The first kappa shape index (κ1) is 10.3. The maximum atomic E-state index is 11.8. The Morgan fingerprint density at radius 1 is 1.60 bits per heavy atom. The third kappa shape index (κ3) is 1.79. The van der Waals surface area contributed by atoms with Crippen molar-refractivity contribution in [3.63, 3.8) is 0 Å². The van der Waals surface area contributed by atoms with E-state index >= 15 is 0 Å². The Bertz CT molecular complexity index is 382. The molecule has 0 aromatic carbocycles. The summed E-state index contributed by atoms with van der Waals surface area (Å²) in [5.74, 6) is -0.152. The van der Waals surface area contributed by atoms with E-state index in [9.17, 15) is 9.59 Å². The minimum absolute atomic E-state index is 0.0385. The zero-order chi connectivity index (χ0) is 10.9. The van der Waals surface area contributed by atoms with Crippen LogP contribution in [0.4, 0.5) is 5.13 Å². The summed E-state index contributed by atoms with van der Waals surface area (Å²) in [6.45, 7) is 1.79. The average Bonchev–Trinajstić information content (AvgIpc) is 2.91. The second kappa shape index (κ2) is 3.73. The number of aromatic nitrogens is 1. The number of ketones is 1. The quantitative estimate of drug-likeness (QED) is 0.794. The van der Waals surface area contributed by atoms with Crippen LogP contribution in [-0.2, 0) is 9.59 Å². The van der Waals surface area contributed by atoms with Crippen LogP contribution < -0.4 is 5.32 Å². The molecule has 0 aliphatic heterocycles. The van der Waals surface area contributed by atoms with Gasteiger partial charge in [-0.25, -0.2) is 4.98 Å². The number of carbonyl (C=O) groups excluding carboxylic acids is 2. The van der Waals surface area contributed by atoms with Gasteiger partial charge in [0.15, 0.2) is 5.13 Å². The van der Waals surface area contributed by atoms with E-state index in [1.165, 1.54) is 11.3 Å². The van der Waals surface area contributed by atoms with E-state index in [1.807, 2.05) is 0 Å². The van der Waals surface area contributed by atoms with Crippen LogP contribution in [0.5, 0.6) is 0 Å². The summed E-state index contributed by atoms with van der Waals surface area (Å²) in [5, 5.41) is 5.04. The third-order valence-electron chi connectivity index (χ3n) is 2.69. The largest absolute Gasteiger partial charge is 0.301 e. The molecule has 0 bridgehead atoms. The first-order valence-corrected chi connectivity index (χ1v) is 5.81. The number of anilines is 1. The lowest BCUT2D eigenvalue weighted by molar-refractivity contribution is -0.132. The van der Waals surface area contributed by atoms with Crippen molar-refractivity contribution >= 4 is 28.2 Å². The molecule has 0 saturated heterocycles. The Morgan fingerprint density at radius 3 is 2.80 bits per heavy atom. The number of rotatable bonds is 4. The van der Waals surface area contributed by atoms with E-state index in [4.69, 9.17) is 0 Å². The summed E-state index contributed by atoms with van der Waals surface area (Å²) in [4.78, 5) is 27.4. The summed E-state index contributed by atoms with van der Waals surface area (Å²) in [6.07, 6.45) is 3.40. The Morgan fingerprint density at radius 2 is 2.33 bits per heavy atom. The number of thiazole rings is 1. The molecule has 1 aromatic heterocycles. The van der Waals surface area contributed by atoms with Crippen molar-refractivity contribution in [2.24, 2.45) is 5.41 Å². The smallest absolute Gasteiger partial charge is 0.239 e. The number of nitrogens with zero attached hydrogens (tertiary/aromatic N) is 1. The van der Waals surface area contributed by atoms with Crippen LogP contribution in [0.25, 0.3) is 0 Å². The summed E-state index contributed by atoms with van der Waals surface area (Å²) in [5.41, 5.74) is -0.736. The fraction of sp³-hybridized carbons (Fsp3) is 0.500. The lowest BCUT2D eigenvalue weighted by Crippen LogP contribution is -2.31. The highest BCUT2D eigenvalue weighted by atomic mass is 32.1. The topological polar surface area (TPSA) is 59.1 Å². The van der Waals surface area contributed by atoms with E-state index in [0.29, 0.717) is 24.4 Å². The molecule has 1 N–H and O–H groups in total. The molecular formula is C10H12N2O2S. The maximum absolute atomic E-state index is 11.8. The van der Waals surface area contributed by atoms with E-state index < -0.39 is 5.41 Å². The molecule has 15 heavy (non-hydrogen) atoms. The molecule has 80 valence electrons. The molecule has 4 nitrogen and oxygen atoms in total. The molecule has 2 rings (SSSR count). The molecule has 1 fully saturated rings. The average molecular weight is 224 g/mol. The van der Waals surface area contributed by atoms with Gasteiger partial charge in [0.05, 0.1) is 0 Å². The highest BCUT2D eigenvalue weighted by molar-refractivity contribution is 7.13. The lowest BCUT2D eigenvalue weighted by atomic mass is 9.98. The minimum atomic E-state index is -0.736. The molecule has 0 unspecified atom stereocenters. The highest BCUT2D eigenvalue weighted by Crippen LogP contribution is 2.48. The predicted molar refractivity (Wildman–Crippen MR) is 57.7 cm³/mol. The molecule has 1 aliphatic carbocycles. The van der Waals surface area contributed by atoms with Gasteiger partial charge < -0.3 is 5.32 Å². The monoisotopic (exact) mass is 224 g/mol. The van der Waals surface area contributed by atoms with Gasteiger partial charge in [-0.05, 0) is 12.8 Å². The van der Waals surface area contributed by atoms with Gasteiger partial charge in [0.1, 0.15) is 11.2 Å². The fourth-order valence-corrected chi connectivity index (χ4v) is 2.12. The van der Waals surface area contributed by atoms with Gasteiger partial charge in [0.2, 0.25) is 5.91 Å². The van der Waals surface area contributed by atoms with Gasteiger partial charge in [0, 0.05) is 18.0 Å². The van der Waals surface area contributed by atoms with Crippen LogP contribution in [0.1, 0.15) is 26.2 Å². The highest BCUT2D eigenvalue weighted by Gasteiger charge is 2.55. The number of hydrogen-bond acceptors (Lipinski definition) is 4. The second-order valence-corrected chi connectivity index (χ2v) is 4.54. The standard InChI is InChI=1S/C10H12N2O2S/c1-2-7(13)10(3-4-10)8(14)12-9-11-5-6-15-9/h5-6H,2-4H2,1H3,(H,11,12,14). The van der Waals surface area contributed by atoms with Crippen LogP contribution in [0.15, 0.2) is 11.6 Å². The maximum Gasteiger partial charge on any atom is 0.239 e. The van der Waals surface area contributed by atoms with E-state index in [1.54, 1.807) is 18.5 Å². The number of Topliss-reactive ketones (excluding diaryl/α,β-unsaturated/α-hetero) is 1. The molecule has 1 aliphatic rings. The molecule has 1 saturated carbocycles. The molecule has 0 radical (unpaired) electrons.